The monoisotopic (exact) mass is 372 g/mol. The second-order valence-electron chi connectivity index (χ2n) is 7.11. The molecule has 0 aromatic carbocycles. The van der Waals surface area contributed by atoms with Gasteiger partial charge in [0.05, 0.1) is 5.69 Å². The van der Waals surface area contributed by atoms with Gasteiger partial charge in [0.15, 0.2) is 5.82 Å². The molecule has 0 N–H and O–H groups in total. The SMILES string of the molecule is C1=Cc2ccc(C3CC3)nc2C=CC1.Cc1nccc(-n2nc(C)nc2C)n1. The van der Waals surface area contributed by atoms with Gasteiger partial charge in [-0.25, -0.2) is 15.0 Å². The van der Waals surface area contributed by atoms with Gasteiger partial charge >= 0.3 is 0 Å². The minimum absolute atomic E-state index is 0.732. The molecule has 0 unspecified atom stereocenters. The van der Waals surface area contributed by atoms with Crippen molar-refractivity contribution in [1.82, 2.24) is 29.7 Å². The summed E-state index contributed by atoms with van der Waals surface area (Å²) in [6.45, 7) is 5.61. The van der Waals surface area contributed by atoms with E-state index in [4.69, 9.17) is 4.98 Å². The van der Waals surface area contributed by atoms with E-state index >= 15 is 0 Å². The fourth-order valence-electron chi connectivity index (χ4n) is 3.14. The molecule has 0 bridgehead atoms. The highest BCUT2D eigenvalue weighted by molar-refractivity contribution is 5.64. The summed E-state index contributed by atoms with van der Waals surface area (Å²) in [4.78, 5) is 17.2. The molecule has 0 aliphatic heterocycles. The molecule has 0 saturated heterocycles. The van der Waals surface area contributed by atoms with Gasteiger partial charge in [0.2, 0.25) is 0 Å². The van der Waals surface area contributed by atoms with Crippen LogP contribution in [0.2, 0.25) is 0 Å². The zero-order valence-corrected chi connectivity index (χ0v) is 16.5. The maximum Gasteiger partial charge on any atom is 0.159 e. The van der Waals surface area contributed by atoms with E-state index in [1.165, 1.54) is 24.1 Å². The molecule has 142 valence electrons. The van der Waals surface area contributed by atoms with Gasteiger partial charge in [0.25, 0.3) is 0 Å². The summed E-state index contributed by atoms with van der Waals surface area (Å²) < 4.78 is 1.71. The van der Waals surface area contributed by atoms with E-state index in [0.29, 0.717) is 0 Å². The second-order valence-corrected chi connectivity index (χ2v) is 7.11. The van der Waals surface area contributed by atoms with Crippen molar-refractivity contribution in [2.75, 3.05) is 0 Å². The molecule has 6 heteroatoms. The Bertz CT molecular complexity index is 1040. The number of aromatic nitrogens is 6. The van der Waals surface area contributed by atoms with Gasteiger partial charge in [0, 0.05) is 23.9 Å². The Morgan fingerprint density at radius 3 is 2.43 bits per heavy atom. The molecule has 0 atom stereocenters. The molecule has 5 rings (SSSR count). The predicted molar refractivity (Wildman–Crippen MR) is 110 cm³/mol. The van der Waals surface area contributed by atoms with Crippen molar-refractivity contribution in [2.45, 2.75) is 46.0 Å². The molecule has 6 nitrogen and oxygen atoms in total. The van der Waals surface area contributed by atoms with Gasteiger partial charge in [-0.3, -0.25) is 4.98 Å². The quantitative estimate of drug-likeness (QED) is 0.668. The van der Waals surface area contributed by atoms with E-state index in [-0.39, 0.29) is 0 Å². The largest absolute Gasteiger partial charge is 0.253 e. The lowest BCUT2D eigenvalue weighted by molar-refractivity contribution is 0.790. The molecule has 0 amide bonds. The molecule has 3 aromatic rings. The van der Waals surface area contributed by atoms with E-state index < -0.39 is 0 Å². The van der Waals surface area contributed by atoms with Crippen LogP contribution in [0.4, 0.5) is 0 Å². The summed E-state index contributed by atoms with van der Waals surface area (Å²) in [5.41, 5.74) is 3.68. The summed E-state index contributed by atoms with van der Waals surface area (Å²) in [5, 5.41) is 4.24. The number of pyridine rings is 1. The maximum atomic E-state index is 4.70. The molecule has 3 aromatic heterocycles. The van der Waals surface area contributed by atoms with E-state index in [2.05, 4.69) is 56.5 Å². The Morgan fingerprint density at radius 2 is 1.71 bits per heavy atom. The van der Waals surface area contributed by atoms with E-state index in [0.717, 1.165) is 41.3 Å². The molecule has 2 aliphatic carbocycles. The summed E-state index contributed by atoms with van der Waals surface area (Å²) in [6.07, 6.45) is 14.0. The Morgan fingerprint density at radius 1 is 0.893 bits per heavy atom. The normalized spacial score (nSPS) is 14.8. The zero-order chi connectivity index (χ0) is 19.5. The first-order valence-electron chi connectivity index (χ1n) is 9.64. The van der Waals surface area contributed by atoms with Gasteiger partial charge in [-0.1, -0.05) is 24.3 Å². The third-order valence-corrected chi connectivity index (χ3v) is 4.67. The first-order valence-corrected chi connectivity index (χ1v) is 9.64. The predicted octanol–water partition coefficient (Wildman–Crippen LogP) is 4.37. The third-order valence-electron chi connectivity index (χ3n) is 4.67. The van der Waals surface area contributed by atoms with Crippen LogP contribution in [-0.4, -0.2) is 29.7 Å². The van der Waals surface area contributed by atoms with E-state index in [1.807, 2.05) is 26.8 Å². The van der Waals surface area contributed by atoms with Crippen molar-refractivity contribution < 1.29 is 0 Å². The smallest absolute Gasteiger partial charge is 0.159 e. The van der Waals surface area contributed by atoms with Crippen LogP contribution in [0.15, 0.2) is 36.5 Å². The highest BCUT2D eigenvalue weighted by atomic mass is 15.4. The van der Waals surface area contributed by atoms with Crippen LogP contribution in [0.3, 0.4) is 0 Å². The number of rotatable bonds is 2. The first-order chi connectivity index (χ1) is 13.6. The Balaban J connectivity index is 0.000000137. The molecule has 1 saturated carbocycles. The lowest BCUT2D eigenvalue weighted by Gasteiger charge is -2.02. The van der Waals surface area contributed by atoms with Crippen molar-refractivity contribution in [3.8, 4) is 5.82 Å². The van der Waals surface area contributed by atoms with Gasteiger partial charge in [-0.2, -0.15) is 4.68 Å². The summed E-state index contributed by atoms with van der Waals surface area (Å²) in [6, 6.07) is 6.19. The van der Waals surface area contributed by atoms with Crippen LogP contribution in [0.25, 0.3) is 18.0 Å². The molecular formula is C22H24N6. The van der Waals surface area contributed by atoms with Crippen LogP contribution in [0, 0.1) is 20.8 Å². The van der Waals surface area contributed by atoms with Crippen molar-refractivity contribution in [1.29, 1.82) is 0 Å². The van der Waals surface area contributed by atoms with Crippen LogP contribution >= 0.6 is 0 Å². The molecule has 28 heavy (non-hydrogen) atoms. The summed E-state index contributed by atoms with van der Waals surface area (Å²) in [5.74, 6) is 3.82. The average molecular weight is 372 g/mol. The van der Waals surface area contributed by atoms with Crippen molar-refractivity contribution in [2.24, 2.45) is 0 Å². The minimum atomic E-state index is 0.732. The lowest BCUT2D eigenvalue weighted by atomic mass is 10.1. The first kappa shape index (κ1) is 18.2. The van der Waals surface area contributed by atoms with Gasteiger partial charge < -0.3 is 0 Å². The number of aryl methyl sites for hydroxylation is 3. The molecule has 2 aliphatic rings. The molecular weight excluding hydrogens is 348 g/mol. The van der Waals surface area contributed by atoms with Crippen LogP contribution in [0.5, 0.6) is 0 Å². The highest BCUT2D eigenvalue weighted by Crippen LogP contribution is 2.39. The second kappa shape index (κ2) is 7.84. The van der Waals surface area contributed by atoms with Crippen LogP contribution in [-0.2, 0) is 0 Å². The topological polar surface area (TPSA) is 69.4 Å². The number of hydrogen-bond donors (Lipinski definition) is 0. The summed E-state index contributed by atoms with van der Waals surface area (Å²) >= 11 is 0. The van der Waals surface area contributed by atoms with Gasteiger partial charge in [-0.15, -0.1) is 5.10 Å². The fourth-order valence-corrected chi connectivity index (χ4v) is 3.14. The van der Waals surface area contributed by atoms with Crippen LogP contribution < -0.4 is 0 Å². The summed E-state index contributed by atoms with van der Waals surface area (Å²) in [7, 11) is 0. The molecule has 1 fully saturated rings. The lowest BCUT2D eigenvalue weighted by Crippen LogP contribution is -2.03. The maximum absolute atomic E-state index is 4.70. The highest BCUT2D eigenvalue weighted by Gasteiger charge is 2.25. The number of fused-ring (bicyclic) bond motifs is 1. The molecule has 0 radical (unpaired) electrons. The molecule has 0 spiro atoms. The van der Waals surface area contributed by atoms with Crippen molar-refractivity contribution in [3.05, 3.63) is 71.0 Å². The van der Waals surface area contributed by atoms with Gasteiger partial charge in [0.1, 0.15) is 17.5 Å². The zero-order valence-electron chi connectivity index (χ0n) is 16.5. The van der Waals surface area contributed by atoms with E-state index in [1.54, 1.807) is 10.9 Å². The number of hydrogen-bond acceptors (Lipinski definition) is 5. The van der Waals surface area contributed by atoms with Crippen molar-refractivity contribution in [3.63, 3.8) is 0 Å². The van der Waals surface area contributed by atoms with E-state index in [9.17, 15) is 0 Å². The molecule has 3 heterocycles. The van der Waals surface area contributed by atoms with Crippen LogP contribution in [0.1, 0.15) is 59.6 Å². The van der Waals surface area contributed by atoms with Gasteiger partial charge in [-0.05, 0) is 57.7 Å². The number of allylic oxidation sites excluding steroid dienone is 2. The Labute approximate surface area is 165 Å². The standard InChI is InChI=1S/C13H13N.C9H11N5/c1-2-4-10-8-9-13(11-6-7-11)14-12(10)5-3-1;1-6-10-5-4-9(12-6)14-8(3)11-7(2)13-14/h2-5,8-9,11H,1,6-7H2;4-5H,1-3H3. The fraction of sp³-hybridized carbons (Fsp3) is 0.318. The Kier molecular flexibility index (Phi) is 5.10. The average Bonchev–Trinajstić information content (AvgIpc) is 3.49. The number of nitrogens with zero attached hydrogens (tertiary/aromatic N) is 6. The Hall–Kier alpha value is -3.15. The third kappa shape index (κ3) is 4.22. The van der Waals surface area contributed by atoms with Crippen molar-refractivity contribution >= 4 is 12.2 Å². The minimum Gasteiger partial charge on any atom is -0.253 e.